The van der Waals surface area contributed by atoms with Gasteiger partial charge in [-0.25, -0.2) is 9.97 Å². The van der Waals surface area contributed by atoms with Crippen LogP contribution in [0.5, 0.6) is 0 Å². The molecular weight excluding hydrogens is 390 g/mol. The van der Waals surface area contributed by atoms with Gasteiger partial charge in [-0.2, -0.15) is 0 Å². The smallest absolute Gasteiger partial charge is 0.278 e. The van der Waals surface area contributed by atoms with Crippen molar-refractivity contribution in [1.82, 2.24) is 19.4 Å². The molecule has 152 valence electrons. The molecule has 0 saturated carbocycles. The Hall–Kier alpha value is -4.26. The molecule has 5 rings (SSSR count). The molecule has 0 saturated heterocycles. The van der Waals surface area contributed by atoms with Gasteiger partial charge in [0.15, 0.2) is 16.8 Å². The molecule has 31 heavy (non-hydrogen) atoms. The second-order valence-electron chi connectivity index (χ2n) is 7.43. The van der Waals surface area contributed by atoms with Crippen LogP contribution < -0.4 is 10.7 Å². The number of amides is 1. The second-order valence-corrected chi connectivity index (χ2v) is 7.43. The standard InChI is InChI=1S/C24H19N5O2/c1-14-11-15(2)29-13-26-22(23(29)27-14)24(31)28-20-6-4-3-5-17(20)16-7-8-19-18(12-16)21(30)9-10-25-19/h3-13H,1-2H3,(H,25,30)(H,28,31). The number of carbonyl (C=O) groups excluding carboxylic acids is 1. The third kappa shape index (κ3) is 3.26. The summed E-state index contributed by atoms with van der Waals surface area (Å²) < 4.78 is 1.80. The maximum atomic E-state index is 13.1. The van der Waals surface area contributed by atoms with Crippen molar-refractivity contribution < 1.29 is 4.79 Å². The summed E-state index contributed by atoms with van der Waals surface area (Å²) in [5.74, 6) is -0.342. The van der Waals surface area contributed by atoms with Gasteiger partial charge < -0.3 is 10.3 Å². The fraction of sp³-hybridized carbons (Fsp3) is 0.0833. The van der Waals surface area contributed by atoms with Crippen LogP contribution >= 0.6 is 0 Å². The zero-order chi connectivity index (χ0) is 21.5. The number of hydrogen-bond donors (Lipinski definition) is 2. The van der Waals surface area contributed by atoms with E-state index in [4.69, 9.17) is 0 Å². The van der Waals surface area contributed by atoms with Crippen molar-refractivity contribution in [1.29, 1.82) is 0 Å². The minimum atomic E-state index is -0.342. The second kappa shape index (κ2) is 7.21. The summed E-state index contributed by atoms with van der Waals surface area (Å²) in [5.41, 5.74) is 5.53. The Kier molecular flexibility index (Phi) is 4.36. The van der Waals surface area contributed by atoms with Crippen molar-refractivity contribution in [2.75, 3.05) is 5.32 Å². The number of aromatic nitrogens is 4. The Bertz CT molecular complexity index is 1530. The summed E-state index contributed by atoms with van der Waals surface area (Å²) in [4.78, 5) is 37.2. The highest BCUT2D eigenvalue weighted by atomic mass is 16.2. The van der Waals surface area contributed by atoms with Gasteiger partial charge in [0.05, 0.1) is 0 Å². The minimum Gasteiger partial charge on any atom is -0.361 e. The highest BCUT2D eigenvalue weighted by Crippen LogP contribution is 2.30. The van der Waals surface area contributed by atoms with Gasteiger partial charge in [0.1, 0.15) is 6.33 Å². The first-order valence-electron chi connectivity index (χ1n) is 9.85. The number of imidazole rings is 1. The van der Waals surface area contributed by atoms with Crippen LogP contribution in [0.25, 0.3) is 27.7 Å². The number of hydrogen-bond acceptors (Lipinski definition) is 4. The number of aromatic amines is 1. The maximum absolute atomic E-state index is 13.1. The van der Waals surface area contributed by atoms with Gasteiger partial charge >= 0.3 is 0 Å². The van der Waals surface area contributed by atoms with E-state index in [0.717, 1.165) is 28.0 Å². The number of carbonyl (C=O) groups is 1. The molecule has 0 bridgehead atoms. The highest BCUT2D eigenvalue weighted by molar-refractivity contribution is 6.08. The van der Waals surface area contributed by atoms with E-state index in [1.807, 2.05) is 62.4 Å². The van der Waals surface area contributed by atoms with E-state index in [0.29, 0.717) is 16.7 Å². The first-order valence-corrected chi connectivity index (χ1v) is 9.85. The zero-order valence-corrected chi connectivity index (χ0v) is 17.0. The van der Waals surface area contributed by atoms with Crippen molar-refractivity contribution in [3.8, 4) is 11.1 Å². The molecule has 3 aromatic heterocycles. The van der Waals surface area contributed by atoms with E-state index >= 15 is 0 Å². The van der Waals surface area contributed by atoms with Gasteiger partial charge in [-0.05, 0) is 43.7 Å². The summed E-state index contributed by atoms with van der Waals surface area (Å²) in [7, 11) is 0. The van der Waals surface area contributed by atoms with Gasteiger partial charge in [-0.1, -0.05) is 24.3 Å². The Morgan fingerprint density at radius 3 is 2.77 bits per heavy atom. The Balaban J connectivity index is 1.56. The van der Waals surface area contributed by atoms with Crippen LogP contribution in [0.15, 0.2) is 71.9 Å². The van der Waals surface area contributed by atoms with E-state index in [1.165, 1.54) is 6.07 Å². The molecule has 5 aromatic rings. The van der Waals surface area contributed by atoms with Crippen molar-refractivity contribution in [3.05, 3.63) is 94.4 Å². The molecule has 0 atom stereocenters. The van der Waals surface area contributed by atoms with Crippen LogP contribution in [-0.4, -0.2) is 25.3 Å². The third-order valence-electron chi connectivity index (χ3n) is 5.28. The van der Waals surface area contributed by atoms with Crippen LogP contribution in [0.2, 0.25) is 0 Å². The SMILES string of the molecule is Cc1cc(C)n2cnc(C(=O)Nc3ccccc3-c3ccc4[nH]ccc(=O)c4c3)c2n1. The number of nitrogens with one attached hydrogen (secondary N) is 2. The molecule has 0 unspecified atom stereocenters. The van der Waals surface area contributed by atoms with Gasteiger partial charge in [-0.15, -0.1) is 0 Å². The van der Waals surface area contributed by atoms with Crippen LogP contribution in [0.3, 0.4) is 0 Å². The van der Waals surface area contributed by atoms with Crippen molar-refractivity contribution in [2.45, 2.75) is 13.8 Å². The molecule has 2 N–H and O–H groups in total. The molecule has 7 heteroatoms. The molecule has 3 heterocycles. The molecule has 0 aliphatic rings. The normalized spacial score (nSPS) is 11.2. The quantitative estimate of drug-likeness (QED) is 0.469. The first-order chi connectivity index (χ1) is 15.0. The topological polar surface area (TPSA) is 92.2 Å². The van der Waals surface area contributed by atoms with Crippen molar-refractivity contribution in [3.63, 3.8) is 0 Å². The largest absolute Gasteiger partial charge is 0.361 e. The van der Waals surface area contributed by atoms with E-state index in [1.54, 1.807) is 16.9 Å². The van der Waals surface area contributed by atoms with Gasteiger partial charge in [0.25, 0.3) is 5.91 Å². The minimum absolute atomic E-state index is 0.0570. The van der Waals surface area contributed by atoms with E-state index < -0.39 is 0 Å². The lowest BCUT2D eigenvalue weighted by atomic mass is 10.0. The molecule has 1 amide bonds. The predicted molar refractivity (Wildman–Crippen MR) is 120 cm³/mol. The highest BCUT2D eigenvalue weighted by Gasteiger charge is 2.18. The summed E-state index contributed by atoms with van der Waals surface area (Å²) >= 11 is 0. The lowest BCUT2D eigenvalue weighted by Crippen LogP contribution is -2.14. The van der Waals surface area contributed by atoms with Gasteiger partial charge in [0.2, 0.25) is 0 Å². The fourth-order valence-corrected chi connectivity index (χ4v) is 3.80. The Morgan fingerprint density at radius 1 is 1.06 bits per heavy atom. The summed E-state index contributed by atoms with van der Waals surface area (Å²) in [6, 6.07) is 16.5. The zero-order valence-electron chi connectivity index (χ0n) is 17.0. The van der Waals surface area contributed by atoms with Crippen LogP contribution in [0.4, 0.5) is 5.69 Å². The van der Waals surface area contributed by atoms with Gasteiger partial charge in [0, 0.05) is 45.8 Å². The average Bonchev–Trinajstić information content (AvgIpc) is 3.19. The van der Waals surface area contributed by atoms with E-state index in [-0.39, 0.29) is 17.0 Å². The number of fused-ring (bicyclic) bond motifs is 2. The number of benzene rings is 2. The van der Waals surface area contributed by atoms with Crippen LogP contribution in [-0.2, 0) is 0 Å². The molecule has 0 aliphatic heterocycles. The van der Waals surface area contributed by atoms with Crippen LogP contribution in [0.1, 0.15) is 21.9 Å². The predicted octanol–water partition coefficient (Wildman–Crippen LogP) is 4.11. The summed E-state index contributed by atoms with van der Waals surface area (Å²) in [6.07, 6.45) is 3.23. The number of H-pyrrole nitrogens is 1. The van der Waals surface area contributed by atoms with E-state index in [9.17, 15) is 9.59 Å². The Labute approximate surface area is 177 Å². The molecule has 0 fully saturated rings. The number of para-hydroxylation sites is 1. The summed E-state index contributed by atoms with van der Waals surface area (Å²) in [5, 5.41) is 3.56. The number of nitrogens with zero attached hydrogens (tertiary/aromatic N) is 3. The molecule has 0 radical (unpaired) electrons. The number of anilines is 1. The average molecular weight is 409 g/mol. The fourth-order valence-electron chi connectivity index (χ4n) is 3.80. The molecular formula is C24H19N5O2. The Morgan fingerprint density at radius 2 is 1.90 bits per heavy atom. The molecule has 0 spiro atoms. The molecule has 2 aromatic carbocycles. The van der Waals surface area contributed by atoms with E-state index in [2.05, 4.69) is 20.3 Å². The lowest BCUT2D eigenvalue weighted by molar-refractivity contribution is 0.102. The first kappa shape index (κ1) is 18.7. The number of pyridine rings is 1. The lowest BCUT2D eigenvalue weighted by Gasteiger charge is -2.11. The van der Waals surface area contributed by atoms with Crippen molar-refractivity contribution in [2.24, 2.45) is 0 Å². The van der Waals surface area contributed by atoms with Crippen molar-refractivity contribution >= 4 is 28.1 Å². The van der Waals surface area contributed by atoms with Crippen LogP contribution in [0, 0.1) is 13.8 Å². The van der Waals surface area contributed by atoms with Gasteiger partial charge in [-0.3, -0.25) is 14.0 Å². The molecule has 0 aliphatic carbocycles. The molecule has 7 nitrogen and oxygen atoms in total. The maximum Gasteiger partial charge on any atom is 0.278 e. The number of rotatable bonds is 3. The monoisotopic (exact) mass is 409 g/mol. The third-order valence-corrected chi connectivity index (χ3v) is 5.28. The summed E-state index contributed by atoms with van der Waals surface area (Å²) in [6.45, 7) is 3.83. The number of aryl methyl sites for hydroxylation is 2.